The Balaban J connectivity index is 2.34. The molecule has 1 aliphatic rings. The fourth-order valence-corrected chi connectivity index (χ4v) is 1.86. The largest absolute Gasteiger partial charge is 0.434 e. The molecule has 0 amide bonds. The van der Waals surface area contributed by atoms with Crippen molar-refractivity contribution in [1.29, 1.82) is 0 Å². The first-order chi connectivity index (χ1) is 5.71. The summed E-state index contributed by atoms with van der Waals surface area (Å²) < 4.78 is 4.95. The van der Waals surface area contributed by atoms with Gasteiger partial charge in [0.25, 0.3) is 0 Å². The Kier molecular flexibility index (Phi) is 1.56. The molecule has 0 atom stereocenters. The number of hydrogen-bond donors (Lipinski definition) is 1. The van der Waals surface area contributed by atoms with E-state index in [1.807, 2.05) is 0 Å². The molecule has 0 bridgehead atoms. The molecule has 2 rings (SSSR count). The van der Waals surface area contributed by atoms with E-state index in [4.69, 9.17) is 4.42 Å². The van der Waals surface area contributed by atoms with Gasteiger partial charge in [0.2, 0.25) is 5.89 Å². The molecule has 4 nitrogen and oxygen atoms in total. The highest BCUT2D eigenvalue weighted by Gasteiger charge is 2.35. The standard InChI is InChI=1S/C8H12N2O2/c1-8(4-2-3-5-8)6-9-10-7(11)12-6/h2-5H2,1H3,(H,10,11). The Morgan fingerprint density at radius 1 is 1.50 bits per heavy atom. The van der Waals surface area contributed by atoms with Crippen molar-refractivity contribution in [2.75, 3.05) is 0 Å². The Labute approximate surface area is 70.0 Å². The van der Waals surface area contributed by atoms with Gasteiger partial charge in [-0.25, -0.2) is 9.89 Å². The predicted octanol–water partition coefficient (Wildman–Crippen LogP) is 1.19. The molecule has 1 aliphatic carbocycles. The number of H-pyrrole nitrogens is 1. The van der Waals surface area contributed by atoms with Gasteiger partial charge in [0.1, 0.15) is 0 Å². The van der Waals surface area contributed by atoms with Crippen molar-refractivity contribution in [3.63, 3.8) is 0 Å². The van der Waals surface area contributed by atoms with E-state index < -0.39 is 5.76 Å². The van der Waals surface area contributed by atoms with Gasteiger partial charge >= 0.3 is 5.76 Å². The van der Waals surface area contributed by atoms with E-state index in [9.17, 15) is 4.79 Å². The number of rotatable bonds is 1. The first kappa shape index (κ1) is 7.58. The lowest BCUT2D eigenvalue weighted by atomic mass is 9.89. The Morgan fingerprint density at radius 2 is 2.17 bits per heavy atom. The molecule has 1 heterocycles. The van der Waals surface area contributed by atoms with Crippen molar-refractivity contribution in [1.82, 2.24) is 10.2 Å². The summed E-state index contributed by atoms with van der Waals surface area (Å²) in [5.41, 5.74) is -0.000833. The van der Waals surface area contributed by atoms with Gasteiger partial charge < -0.3 is 4.42 Å². The van der Waals surface area contributed by atoms with Crippen molar-refractivity contribution in [3.05, 3.63) is 16.4 Å². The van der Waals surface area contributed by atoms with Crippen LogP contribution in [-0.2, 0) is 5.41 Å². The van der Waals surface area contributed by atoms with Crippen molar-refractivity contribution in [3.8, 4) is 0 Å². The van der Waals surface area contributed by atoms with Crippen LogP contribution in [0.15, 0.2) is 9.21 Å². The summed E-state index contributed by atoms with van der Waals surface area (Å²) in [4.78, 5) is 10.7. The maximum absolute atomic E-state index is 10.7. The summed E-state index contributed by atoms with van der Waals surface area (Å²) >= 11 is 0. The van der Waals surface area contributed by atoms with Crippen LogP contribution in [-0.4, -0.2) is 10.2 Å². The number of nitrogens with zero attached hydrogens (tertiary/aromatic N) is 1. The molecule has 0 aromatic carbocycles. The van der Waals surface area contributed by atoms with Gasteiger partial charge in [-0.1, -0.05) is 19.8 Å². The summed E-state index contributed by atoms with van der Waals surface area (Å²) in [5, 5.41) is 6.16. The average molecular weight is 168 g/mol. The molecule has 0 unspecified atom stereocenters. The van der Waals surface area contributed by atoms with Crippen LogP contribution in [0, 0.1) is 0 Å². The third kappa shape index (κ3) is 1.07. The van der Waals surface area contributed by atoms with E-state index in [0.29, 0.717) is 5.89 Å². The minimum Gasteiger partial charge on any atom is -0.392 e. The zero-order valence-electron chi connectivity index (χ0n) is 7.09. The number of aromatic amines is 1. The number of nitrogens with one attached hydrogen (secondary N) is 1. The molecule has 0 radical (unpaired) electrons. The zero-order valence-corrected chi connectivity index (χ0v) is 7.09. The third-order valence-corrected chi connectivity index (χ3v) is 2.66. The minimum absolute atomic E-state index is 0.000833. The first-order valence-corrected chi connectivity index (χ1v) is 4.27. The predicted molar refractivity (Wildman–Crippen MR) is 42.9 cm³/mol. The average Bonchev–Trinajstić information content (AvgIpc) is 2.59. The number of hydrogen-bond acceptors (Lipinski definition) is 3. The molecule has 4 heteroatoms. The summed E-state index contributed by atoms with van der Waals surface area (Å²) in [6.45, 7) is 2.10. The van der Waals surface area contributed by atoms with Crippen LogP contribution in [0.5, 0.6) is 0 Å². The van der Waals surface area contributed by atoms with Crippen LogP contribution in [0.1, 0.15) is 38.5 Å². The van der Waals surface area contributed by atoms with Crippen LogP contribution in [0.3, 0.4) is 0 Å². The van der Waals surface area contributed by atoms with E-state index in [0.717, 1.165) is 12.8 Å². The maximum Gasteiger partial charge on any atom is 0.434 e. The Morgan fingerprint density at radius 3 is 2.67 bits per heavy atom. The van der Waals surface area contributed by atoms with Gasteiger partial charge in [0, 0.05) is 5.41 Å². The lowest BCUT2D eigenvalue weighted by Crippen LogP contribution is -2.17. The van der Waals surface area contributed by atoms with Gasteiger partial charge in [-0.05, 0) is 12.8 Å². The Bertz CT molecular complexity index is 320. The lowest BCUT2D eigenvalue weighted by Gasteiger charge is -2.16. The van der Waals surface area contributed by atoms with Gasteiger partial charge in [-0.2, -0.15) is 0 Å². The highest BCUT2D eigenvalue weighted by Crippen LogP contribution is 2.38. The first-order valence-electron chi connectivity index (χ1n) is 4.27. The fraction of sp³-hybridized carbons (Fsp3) is 0.750. The second-order valence-electron chi connectivity index (χ2n) is 3.69. The molecule has 0 saturated heterocycles. The van der Waals surface area contributed by atoms with E-state index in [2.05, 4.69) is 17.1 Å². The SMILES string of the molecule is CC1(c2n[nH]c(=O)o2)CCCC1. The van der Waals surface area contributed by atoms with Crippen molar-refractivity contribution in [2.45, 2.75) is 38.0 Å². The Hall–Kier alpha value is -1.06. The number of aromatic nitrogens is 2. The highest BCUT2D eigenvalue weighted by atomic mass is 16.4. The van der Waals surface area contributed by atoms with Gasteiger partial charge in [-0.15, -0.1) is 5.10 Å². The van der Waals surface area contributed by atoms with Crippen LogP contribution in [0.2, 0.25) is 0 Å². The maximum atomic E-state index is 10.7. The smallest absolute Gasteiger partial charge is 0.392 e. The molecule has 0 spiro atoms. The van der Waals surface area contributed by atoms with Gasteiger partial charge in [0.15, 0.2) is 0 Å². The molecule has 66 valence electrons. The molecule has 0 aliphatic heterocycles. The molecule has 1 aromatic heterocycles. The summed E-state index contributed by atoms with van der Waals surface area (Å²) in [7, 11) is 0. The molecule has 1 fully saturated rings. The molecule has 1 N–H and O–H groups in total. The van der Waals surface area contributed by atoms with Gasteiger partial charge in [-0.3, -0.25) is 0 Å². The van der Waals surface area contributed by atoms with E-state index in [-0.39, 0.29) is 5.41 Å². The van der Waals surface area contributed by atoms with Crippen molar-refractivity contribution >= 4 is 0 Å². The minimum atomic E-state index is -0.446. The van der Waals surface area contributed by atoms with Crippen LogP contribution >= 0.6 is 0 Å². The zero-order chi connectivity index (χ0) is 8.60. The van der Waals surface area contributed by atoms with Crippen LogP contribution in [0.25, 0.3) is 0 Å². The van der Waals surface area contributed by atoms with Gasteiger partial charge in [0.05, 0.1) is 0 Å². The second kappa shape index (κ2) is 2.47. The molecule has 1 saturated carbocycles. The summed E-state index contributed by atoms with van der Waals surface area (Å²) in [5.74, 6) is 0.128. The van der Waals surface area contributed by atoms with E-state index >= 15 is 0 Å². The van der Waals surface area contributed by atoms with Crippen molar-refractivity contribution < 1.29 is 4.42 Å². The molecular weight excluding hydrogens is 156 g/mol. The fourth-order valence-electron chi connectivity index (χ4n) is 1.86. The summed E-state index contributed by atoms with van der Waals surface area (Å²) in [6, 6.07) is 0. The highest BCUT2D eigenvalue weighted by molar-refractivity contribution is 5.02. The molecule has 1 aromatic rings. The second-order valence-corrected chi connectivity index (χ2v) is 3.69. The van der Waals surface area contributed by atoms with Crippen LogP contribution in [0.4, 0.5) is 0 Å². The lowest BCUT2D eigenvalue weighted by molar-refractivity contribution is 0.339. The van der Waals surface area contributed by atoms with Crippen LogP contribution < -0.4 is 5.76 Å². The third-order valence-electron chi connectivity index (χ3n) is 2.66. The quantitative estimate of drug-likeness (QED) is 0.685. The molecular formula is C8H12N2O2. The molecule has 12 heavy (non-hydrogen) atoms. The van der Waals surface area contributed by atoms with E-state index in [1.165, 1.54) is 12.8 Å². The monoisotopic (exact) mass is 168 g/mol. The normalized spacial score (nSPS) is 21.4. The summed E-state index contributed by atoms with van der Waals surface area (Å²) in [6.07, 6.45) is 4.54. The van der Waals surface area contributed by atoms with E-state index in [1.54, 1.807) is 0 Å². The topological polar surface area (TPSA) is 58.9 Å². The van der Waals surface area contributed by atoms with Crippen molar-refractivity contribution in [2.24, 2.45) is 0 Å².